The summed E-state index contributed by atoms with van der Waals surface area (Å²) in [4.78, 5) is 2.95. The van der Waals surface area contributed by atoms with Crippen LogP contribution in [-0.2, 0) is 9.84 Å². The molecular weight excluding hydrogens is 477 g/mol. The number of hydrogen-bond acceptors (Lipinski definition) is 5. The maximum atomic E-state index is 12.0. The van der Waals surface area contributed by atoms with Crippen LogP contribution in [0.4, 0.5) is 0 Å². The zero-order chi connectivity index (χ0) is 19.3. The first kappa shape index (κ1) is 21.3. The van der Waals surface area contributed by atoms with Gasteiger partial charge in [-0.1, -0.05) is 0 Å². The summed E-state index contributed by atoms with van der Waals surface area (Å²) >= 11 is 0.458. The molecule has 1 aromatic rings. The van der Waals surface area contributed by atoms with E-state index in [1.54, 1.807) is 24.3 Å². The third-order valence-electron chi connectivity index (χ3n) is 5.59. The van der Waals surface area contributed by atoms with E-state index in [-0.39, 0.29) is 17.3 Å². The molecule has 0 aromatic heterocycles. The first-order valence-electron chi connectivity index (χ1n) is 9.85. The number of halogens is 1. The van der Waals surface area contributed by atoms with Gasteiger partial charge < -0.3 is 5.11 Å². The molecule has 2 saturated heterocycles. The molecule has 1 aromatic carbocycles. The van der Waals surface area contributed by atoms with Gasteiger partial charge in [0, 0.05) is 0 Å². The van der Waals surface area contributed by atoms with Gasteiger partial charge in [0.1, 0.15) is 0 Å². The van der Waals surface area contributed by atoms with Crippen LogP contribution < -0.4 is 25.9 Å². The quantitative estimate of drug-likeness (QED) is 0.386. The monoisotopic (exact) mass is 508 g/mol. The Morgan fingerprint density at radius 1 is 1.22 bits per heavy atom. The summed E-state index contributed by atoms with van der Waals surface area (Å²) in [6, 6.07) is 7.97. The van der Waals surface area contributed by atoms with Crippen LogP contribution in [0.3, 0.4) is 0 Å². The van der Waals surface area contributed by atoms with E-state index in [4.69, 9.17) is 9.84 Å². The molecule has 0 saturated carbocycles. The molecule has 3 rings (SSSR count). The van der Waals surface area contributed by atoms with Gasteiger partial charge in [-0.15, -0.1) is 0 Å². The van der Waals surface area contributed by atoms with Gasteiger partial charge in [-0.25, -0.2) is 8.42 Å². The fourth-order valence-corrected chi connectivity index (χ4v) is 7.88. The normalized spacial score (nSPS) is 27.7. The van der Waals surface area contributed by atoms with E-state index in [1.165, 1.54) is 34.5 Å². The molecule has 0 spiro atoms. The summed E-state index contributed by atoms with van der Waals surface area (Å²) in [6.45, 7) is 3.79. The second kappa shape index (κ2) is 9.89. The zero-order valence-corrected chi connectivity index (χ0v) is 19.0. The molecule has 0 bridgehead atoms. The molecule has 27 heavy (non-hydrogen) atoms. The minimum atomic E-state index is -3.40. The summed E-state index contributed by atoms with van der Waals surface area (Å²) in [5, 5.41) is 8.87. The van der Waals surface area contributed by atoms with Crippen molar-refractivity contribution in [3.63, 3.8) is 0 Å². The Bertz CT molecular complexity index is 686. The van der Waals surface area contributed by atoms with E-state index in [0.717, 1.165) is 12.6 Å². The molecule has 2 heterocycles. The van der Waals surface area contributed by atoms with Crippen LogP contribution >= 0.6 is 0 Å². The van der Waals surface area contributed by atoms with Crippen LogP contribution in [0, 0.1) is 5.92 Å². The molecule has 0 amide bonds. The van der Waals surface area contributed by atoms with E-state index in [2.05, 4.69) is 11.8 Å². The Hall–Kier alpha value is -0.380. The van der Waals surface area contributed by atoms with Crippen molar-refractivity contribution in [2.45, 2.75) is 49.6 Å². The zero-order valence-electron chi connectivity index (χ0n) is 16.0. The fraction of sp³-hybridized carbons (Fsp3) is 0.700. The van der Waals surface area contributed by atoms with Gasteiger partial charge in [-0.05, 0) is 0 Å². The number of aliphatic hydroxyl groups is 1. The van der Waals surface area contributed by atoms with E-state index >= 15 is 0 Å². The van der Waals surface area contributed by atoms with Gasteiger partial charge in [0.2, 0.25) is 0 Å². The van der Waals surface area contributed by atoms with Crippen molar-refractivity contribution in [1.29, 1.82) is 0 Å². The Labute approximate surface area is 173 Å². The number of alkyl halides is 2. The maximum absolute atomic E-state index is 12.0. The van der Waals surface area contributed by atoms with Gasteiger partial charge in [-0.2, -0.15) is 0 Å². The Balaban J connectivity index is 1.51. The van der Waals surface area contributed by atoms with Crippen LogP contribution in [0.25, 0.3) is 0 Å². The summed E-state index contributed by atoms with van der Waals surface area (Å²) in [5.74, 6) is 1.01. The Kier molecular flexibility index (Phi) is 7.82. The number of hydrogen-bond donors (Lipinski definition) is 1. The van der Waals surface area contributed by atoms with Crippen molar-refractivity contribution in [3.05, 3.63) is 24.3 Å². The van der Waals surface area contributed by atoms with Crippen molar-refractivity contribution in [3.8, 4) is 5.75 Å². The van der Waals surface area contributed by atoms with Crippen LogP contribution in [-0.4, -0.2) is 64.9 Å². The number of ether oxygens (including phenoxy) is 1. The molecule has 154 valence electrons. The standard InChI is InChI=1S/C20H31INO4S/c1-16-13-17(14-22(16)18-3-2-9-21-10-8-18)15-26-19-4-6-20(7-5-19)27(24,25)12-11-23/h4-7,16-18,23H,2-3,8-15H2,1H3/q-1. The van der Waals surface area contributed by atoms with Crippen molar-refractivity contribution in [2.24, 2.45) is 5.92 Å². The predicted molar refractivity (Wildman–Crippen MR) is 103 cm³/mol. The minimum absolute atomic E-state index is 0.237. The van der Waals surface area contributed by atoms with E-state index in [0.29, 0.717) is 45.5 Å². The topological polar surface area (TPSA) is 66.8 Å². The number of likely N-dealkylation sites (tertiary alicyclic amines) is 1. The number of aliphatic hydroxyl groups excluding tert-OH is 1. The van der Waals surface area contributed by atoms with Gasteiger partial charge in [0.25, 0.3) is 0 Å². The van der Waals surface area contributed by atoms with Gasteiger partial charge in [0.15, 0.2) is 9.84 Å². The second-order valence-electron chi connectivity index (χ2n) is 7.62. The average Bonchev–Trinajstić information content (AvgIpc) is 2.84. The van der Waals surface area contributed by atoms with Crippen LogP contribution in [0.5, 0.6) is 5.75 Å². The molecule has 2 fully saturated rings. The molecule has 2 aliphatic heterocycles. The van der Waals surface area contributed by atoms with Crippen LogP contribution in [0.15, 0.2) is 29.2 Å². The molecule has 3 unspecified atom stereocenters. The van der Waals surface area contributed by atoms with E-state index in [9.17, 15) is 8.42 Å². The fourth-order valence-electron chi connectivity index (χ4n) is 4.18. The van der Waals surface area contributed by atoms with Crippen LogP contribution in [0.1, 0.15) is 32.6 Å². The van der Waals surface area contributed by atoms with Crippen molar-refractivity contribution >= 4 is 9.84 Å². The van der Waals surface area contributed by atoms with Gasteiger partial charge >= 0.3 is 138 Å². The predicted octanol–water partition coefficient (Wildman–Crippen LogP) is -0.817. The average molecular weight is 508 g/mol. The third-order valence-corrected chi connectivity index (χ3v) is 10.2. The third kappa shape index (κ3) is 5.81. The van der Waals surface area contributed by atoms with Crippen LogP contribution in [0.2, 0.25) is 0 Å². The second-order valence-corrected chi connectivity index (χ2v) is 13.0. The Morgan fingerprint density at radius 3 is 2.74 bits per heavy atom. The van der Waals surface area contributed by atoms with Crippen molar-refractivity contribution in [1.82, 2.24) is 4.90 Å². The number of nitrogens with zero attached hydrogens (tertiary/aromatic N) is 1. The molecular formula is C20H31INO4S-. The summed E-state index contributed by atoms with van der Waals surface area (Å²) < 4.78 is 32.8. The number of sulfone groups is 1. The first-order valence-corrected chi connectivity index (χ1v) is 14.6. The summed E-state index contributed by atoms with van der Waals surface area (Å²) in [7, 11) is -3.40. The first-order chi connectivity index (χ1) is 13.0. The van der Waals surface area contributed by atoms with Gasteiger partial charge in [-0.3, -0.25) is 0 Å². The number of benzene rings is 1. The molecule has 0 radical (unpaired) electrons. The summed E-state index contributed by atoms with van der Waals surface area (Å²) in [6.07, 6.45) is 5.33. The van der Waals surface area contributed by atoms with Crippen molar-refractivity contribution in [2.75, 3.05) is 34.4 Å². The van der Waals surface area contributed by atoms with Gasteiger partial charge in [0.05, 0.1) is 12.4 Å². The molecule has 0 aliphatic carbocycles. The molecule has 2 aliphatic rings. The molecule has 5 nitrogen and oxygen atoms in total. The molecule has 3 atom stereocenters. The van der Waals surface area contributed by atoms with E-state index in [1.807, 2.05) is 0 Å². The summed E-state index contributed by atoms with van der Waals surface area (Å²) in [5.41, 5.74) is 0. The van der Waals surface area contributed by atoms with E-state index < -0.39 is 9.84 Å². The Morgan fingerprint density at radius 2 is 2.00 bits per heavy atom. The molecule has 7 heteroatoms. The van der Waals surface area contributed by atoms with Crippen molar-refractivity contribution < 1.29 is 39.5 Å². The number of rotatable bonds is 7. The molecule has 1 N–H and O–H groups in total. The SMILES string of the molecule is CC1CC(COc2ccc(S(=O)(=O)CCO)cc2)CN1C1CCC[I-]CC1.